The Morgan fingerprint density at radius 3 is 2.78 bits per heavy atom. The Morgan fingerprint density at radius 1 is 1.50 bits per heavy atom. The van der Waals surface area contributed by atoms with Crippen LogP contribution in [0.5, 0.6) is 0 Å². The van der Waals surface area contributed by atoms with E-state index in [1.165, 1.54) is 0 Å². The number of hydrogen-bond acceptors (Lipinski definition) is 4. The average molecular weight is 258 g/mol. The Kier molecular flexibility index (Phi) is 6.60. The van der Waals surface area contributed by atoms with Crippen LogP contribution >= 0.6 is 0 Å². The second kappa shape index (κ2) is 7.71. The summed E-state index contributed by atoms with van der Waals surface area (Å²) in [5.41, 5.74) is 0. The van der Waals surface area contributed by atoms with E-state index in [1.807, 2.05) is 18.9 Å². The number of carbonyl (C=O) groups is 1. The average Bonchev–Trinajstić information content (AvgIpc) is 2.38. The summed E-state index contributed by atoms with van der Waals surface area (Å²) in [6, 6.07) is -0.124. The number of hydrogen-bond donors (Lipinski definition) is 2. The van der Waals surface area contributed by atoms with Gasteiger partial charge in [0, 0.05) is 19.7 Å². The van der Waals surface area contributed by atoms with Crippen LogP contribution in [-0.4, -0.2) is 61.4 Å². The van der Waals surface area contributed by atoms with Crippen LogP contribution in [0.1, 0.15) is 32.6 Å². The Balaban J connectivity index is 2.43. The largest absolute Gasteiger partial charge is 0.391 e. The molecule has 3 atom stereocenters. The Hall–Kier alpha value is -0.650. The highest BCUT2D eigenvalue weighted by Crippen LogP contribution is 2.23. The summed E-state index contributed by atoms with van der Waals surface area (Å²) in [6.07, 6.45) is 3.71. The van der Waals surface area contributed by atoms with Gasteiger partial charge in [-0.1, -0.05) is 12.8 Å². The molecule has 0 spiro atoms. The molecule has 0 saturated heterocycles. The van der Waals surface area contributed by atoms with E-state index in [0.717, 1.165) is 25.7 Å². The van der Waals surface area contributed by atoms with Crippen LogP contribution in [0, 0.1) is 0 Å². The maximum atomic E-state index is 11.9. The molecular weight excluding hydrogens is 232 g/mol. The van der Waals surface area contributed by atoms with Crippen molar-refractivity contribution in [2.75, 3.05) is 27.3 Å². The van der Waals surface area contributed by atoms with Crippen LogP contribution in [-0.2, 0) is 9.53 Å². The number of methoxy groups -OCH3 is 1. The molecule has 0 aromatic rings. The molecule has 106 valence electrons. The number of nitrogens with zero attached hydrogens (tertiary/aromatic N) is 1. The third kappa shape index (κ3) is 4.23. The fraction of sp³-hybridized carbons (Fsp3) is 0.923. The van der Waals surface area contributed by atoms with Crippen molar-refractivity contribution >= 4 is 5.91 Å². The molecule has 0 aromatic carbocycles. The van der Waals surface area contributed by atoms with Crippen LogP contribution in [0.4, 0.5) is 0 Å². The van der Waals surface area contributed by atoms with Crippen LogP contribution in [0.2, 0.25) is 0 Å². The first-order valence-electron chi connectivity index (χ1n) is 6.74. The number of nitrogens with one attached hydrogen (secondary N) is 1. The van der Waals surface area contributed by atoms with Gasteiger partial charge in [-0.15, -0.1) is 0 Å². The molecule has 0 heterocycles. The fourth-order valence-corrected chi connectivity index (χ4v) is 2.46. The first-order chi connectivity index (χ1) is 8.57. The van der Waals surface area contributed by atoms with E-state index in [4.69, 9.17) is 4.74 Å². The summed E-state index contributed by atoms with van der Waals surface area (Å²) in [5, 5.41) is 12.8. The molecule has 1 rings (SSSR count). The summed E-state index contributed by atoms with van der Waals surface area (Å²) >= 11 is 0. The molecule has 18 heavy (non-hydrogen) atoms. The van der Waals surface area contributed by atoms with Gasteiger partial charge in [0.15, 0.2) is 0 Å². The molecule has 1 fully saturated rings. The highest BCUT2D eigenvalue weighted by molar-refractivity contribution is 5.81. The number of aliphatic hydroxyl groups is 1. The number of rotatable bonds is 6. The second-order valence-electron chi connectivity index (χ2n) is 5.04. The summed E-state index contributed by atoms with van der Waals surface area (Å²) in [5.74, 6) is -0.00711. The van der Waals surface area contributed by atoms with Gasteiger partial charge in [0.25, 0.3) is 0 Å². The maximum absolute atomic E-state index is 11.9. The van der Waals surface area contributed by atoms with Crippen molar-refractivity contribution in [2.45, 2.75) is 50.8 Å². The SMILES string of the molecule is COCCNC(=O)C(C)N(C)C1CCCCC1O. The van der Waals surface area contributed by atoms with Crippen LogP contribution in [0.15, 0.2) is 0 Å². The summed E-state index contributed by atoms with van der Waals surface area (Å²) in [7, 11) is 3.53. The van der Waals surface area contributed by atoms with E-state index in [-0.39, 0.29) is 24.1 Å². The van der Waals surface area contributed by atoms with Crippen molar-refractivity contribution in [3.05, 3.63) is 0 Å². The van der Waals surface area contributed by atoms with Gasteiger partial charge in [-0.25, -0.2) is 0 Å². The molecule has 2 N–H and O–H groups in total. The molecule has 5 nitrogen and oxygen atoms in total. The smallest absolute Gasteiger partial charge is 0.237 e. The van der Waals surface area contributed by atoms with Crippen molar-refractivity contribution in [3.8, 4) is 0 Å². The normalized spacial score (nSPS) is 26.1. The zero-order valence-corrected chi connectivity index (χ0v) is 11.7. The minimum atomic E-state index is -0.307. The van der Waals surface area contributed by atoms with Crippen LogP contribution < -0.4 is 5.32 Å². The van der Waals surface area contributed by atoms with Gasteiger partial charge in [0.05, 0.1) is 18.8 Å². The lowest BCUT2D eigenvalue weighted by molar-refractivity contribution is -0.127. The third-order valence-corrected chi connectivity index (χ3v) is 3.81. The number of ether oxygens (including phenoxy) is 1. The number of carbonyl (C=O) groups excluding carboxylic acids is 1. The molecule has 0 aromatic heterocycles. The highest BCUT2D eigenvalue weighted by Gasteiger charge is 2.31. The summed E-state index contributed by atoms with van der Waals surface area (Å²) in [4.78, 5) is 13.9. The van der Waals surface area contributed by atoms with E-state index in [9.17, 15) is 9.90 Å². The predicted molar refractivity (Wildman–Crippen MR) is 70.4 cm³/mol. The molecule has 3 unspecified atom stereocenters. The topological polar surface area (TPSA) is 61.8 Å². The van der Waals surface area contributed by atoms with Gasteiger partial charge in [-0.3, -0.25) is 9.69 Å². The minimum Gasteiger partial charge on any atom is -0.391 e. The predicted octanol–water partition coefficient (Wildman–Crippen LogP) is 0.373. The van der Waals surface area contributed by atoms with E-state index in [2.05, 4.69) is 5.32 Å². The summed E-state index contributed by atoms with van der Waals surface area (Å²) in [6.45, 7) is 2.93. The zero-order valence-electron chi connectivity index (χ0n) is 11.7. The number of likely N-dealkylation sites (N-methyl/N-ethyl adjacent to an activating group) is 1. The van der Waals surface area contributed by atoms with Crippen molar-refractivity contribution in [1.29, 1.82) is 0 Å². The highest BCUT2D eigenvalue weighted by atomic mass is 16.5. The molecule has 1 saturated carbocycles. The van der Waals surface area contributed by atoms with Gasteiger partial charge in [0.2, 0.25) is 5.91 Å². The van der Waals surface area contributed by atoms with E-state index in [0.29, 0.717) is 13.2 Å². The first kappa shape index (κ1) is 15.4. The summed E-state index contributed by atoms with van der Waals surface area (Å²) < 4.78 is 4.90. The van der Waals surface area contributed by atoms with E-state index >= 15 is 0 Å². The molecule has 1 aliphatic carbocycles. The fourth-order valence-electron chi connectivity index (χ4n) is 2.46. The Bertz CT molecular complexity index is 261. The zero-order chi connectivity index (χ0) is 13.5. The van der Waals surface area contributed by atoms with Gasteiger partial charge in [0.1, 0.15) is 0 Å². The van der Waals surface area contributed by atoms with Crippen molar-refractivity contribution < 1.29 is 14.6 Å². The molecule has 5 heteroatoms. The first-order valence-corrected chi connectivity index (χ1v) is 6.74. The van der Waals surface area contributed by atoms with Gasteiger partial charge >= 0.3 is 0 Å². The van der Waals surface area contributed by atoms with Crippen molar-refractivity contribution in [2.24, 2.45) is 0 Å². The van der Waals surface area contributed by atoms with Crippen LogP contribution in [0.3, 0.4) is 0 Å². The molecular formula is C13H26N2O3. The molecule has 1 aliphatic rings. The lowest BCUT2D eigenvalue weighted by atomic mass is 9.91. The van der Waals surface area contributed by atoms with Gasteiger partial charge < -0.3 is 15.2 Å². The lowest BCUT2D eigenvalue weighted by Crippen LogP contribution is -2.52. The van der Waals surface area contributed by atoms with Crippen molar-refractivity contribution in [1.82, 2.24) is 10.2 Å². The van der Waals surface area contributed by atoms with Crippen LogP contribution in [0.25, 0.3) is 0 Å². The Morgan fingerprint density at radius 2 is 2.17 bits per heavy atom. The molecule has 0 bridgehead atoms. The van der Waals surface area contributed by atoms with E-state index in [1.54, 1.807) is 7.11 Å². The molecule has 0 aliphatic heterocycles. The minimum absolute atomic E-state index is 0.00711. The lowest BCUT2D eigenvalue weighted by Gasteiger charge is -2.38. The van der Waals surface area contributed by atoms with Gasteiger partial charge in [-0.2, -0.15) is 0 Å². The maximum Gasteiger partial charge on any atom is 0.237 e. The van der Waals surface area contributed by atoms with Crippen molar-refractivity contribution in [3.63, 3.8) is 0 Å². The van der Waals surface area contributed by atoms with E-state index < -0.39 is 0 Å². The monoisotopic (exact) mass is 258 g/mol. The third-order valence-electron chi connectivity index (χ3n) is 3.81. The Labute approximate surface area is 109 Å². The standard InChI is InChI=1S/C13H26N2O3/c1-10(13(17)14-8-9-18-3)15(2)11-6-4-5-7-12(11)16/h10-12,16H,4-9H2,1-3H3,(H,14,17). The van der Waals surface area contributed by atoms with Gasteiger partial charge in [-0.05, 0) is 26.8 Å². The quantitative estimate of drug-likeness (QED) is 0.676. The second-order valence-corrected chi connectivity index (χ2v) is 5.04. The number of aliphatic hydroxyl groups excluding tert-OH is 1. The molecule has 1 amide bonds. The molecule has 0 radical (unpaired) electrons. The number of amides is 1.